The minimum absolute atomic E-state index is 0.0225. The molecule has 0 aliphatic heterocycles. The predicted octanol–water partition coefficient (Wildman–Crippen LogP) is 2.31. The molecule has 2 atom stereocenters. The lowest BCUT2D eigenvalue weighted by Gasteiger charge is -2.08. The molecule has 0 saturated heterocycles. The van der Waals surface area contributed by atoms with Crippen molar-refractivity contribution in [3.8, 4) is 0 Å². The summed E-state index contributed by atoms with van der Waals surface area (Å²) in [6.45, 7) is 0. The van der Waals surface area contributed by atoms with E-state index >= 15 is 0 Å². The molecule has 2 unspecified atom stereocenters. The van der Waals surface area contributed by atoms with Gasteiger partial charge in [0, 0.05) is 22.0 Å². The van der Waals surface area contributed by atoms with Gasteiger partial charge in [0.1, 0.15) is 5.78 Å². The minimum atomic E-state index is 0.0225. The number of hydrogen-bond acceptors (Lipinski definition) is 2. The Morgan fingerprint density at radius 3 is 2.56 bits per heavy atom. The SMILES string of the molecule is NC1C=CC(C(=O)Cc2ccc(I)cc2)C1. The number of ketones is 1. The number of carbonyl (C=O) groups excluding carboxylic acids is 1. The first kappa shape index (κ1) is 11.8. The van der Waals surface area contributed by atoms with Crippen molar-refractivity contribution in [1.82, 2.24) is 0 Å². The third-order valence-corrected chi connectivity index (χ3v) is 3.54. The second kappa shape index (κ2) is 5.10. The quantitative estimate of drug-likeness (QED) is 0.684. The number of benzene rings is 1. The summed E-state index contributed by atoms with van der Waals surface area (Å²) in [4.78, 5) is 11.9. The van der Waals surface area contributed by atoms with Gasteiger partial charge in [-0.25, -0.2) is 0 Å². The summed E-state index contributed by atoms with van der Waals surface area (Å²) < 4.78 is 1.19. The van der Waals surface area contributed by atoms with Gasteiger partial charge in [-0.1, -0.05) is 24.3 Å². The van der Waals surface area contributed by atoms with Crippen LogP contribution in [0.3, 0.4) is 0 Å². The summed E-state index contributed by atoms with van der Waals surface area (Å²) in [5.41, 5.74) is 6.82. The summed E-state index contributed by atoms with van der Waals surface area (Å²) >= 11 is 2.26. The van der Waals surface area contributed by atoms with Crippen molar-refractivity contribution in [1.29, 1.82) is 0 Å². The van der Waals surface area contributed by atoms with Crippen molar-refractivity contribution in [2.45, 2.75) is 18.9 Å². The summed E-state index contributed by atoms with van der Waals surface area (Å²) in [6.07, 6.45) is 5.15. The standard InChI is InChI=1S/C13H14INO/c14-11-4-1-9(2-5-11)7-13(16)10-3-6-12(15)8-10/h1-6,10,12H,7-8,15H2. The first-order valence-corrected chi connectivity index (χ1v) is 6.44. The number of nitrogens with two attached hydrogens (primary N) is 1. The van der Waals surface area contributed by atoms with Crippen LogP contribution in [0.2, 0.25) is 0 Å². The molecule has 1 aliphatic carbocycles. The lowest BCUT2D eigenvalue weighted by Crippen LogP contribution is -2.20. The topological polar surface area (TPSA) is 43.1 Å². The fourth-order valence-corrected chi connectivity index (χ4v) is 2.26. The third-order valence-electron chi connectivity index (χ3n) is 2.82. The van der Waals surface area contributed by atoms with Crippen LogP contribution in [0.4, 0.5) is 0 Å². The third kappa shape index (κ3) is 2.92. The number of allylic oxidation sites excluding steroid dienone is 1. The zero-order valence-electron chi connectivity index (χ0n) is 8.90. The van der Waals surface area contributed by atoms with E-state index in [0.29, 0.717) is 6.42 Å². The van der Waals surface area contributed by atoms with Crippen LogP contribution in [0.1, 0.15) is 12.0 Å². The maximum absolute atomic E-state index is 11.9. The fraction of sp³-hybridized carbons (Fsp3) is 0.308. The molecule has 84 valence electrons. The Labute approximate surface area is 109 Å². The lowest BCUT2D eigenvalue weighted by molar-refractivity contribution is -0.120. The van der Waals surface area contributed by atoms with Crippen molar-refractivity contribution in [3.05, 3.63) is 45.6 Å². The van der Waals surface area contributed by atoms with E-state index in [1.807, 2.05) is 36.4 Å². The average Bonchev–Trinajstić information content (AvgIpc) is 2.68. The maximum Gasteiger partial charge on any atom is 0.144 e. The molecule has 0 fully saturated rings. The van der Waals surface area contributed by atoms with Crippen LogP contribution < -0.4 is 5.73 Å². The molecular weight excluding hydrogens is 313 g/mol. The van der Waals surface area contributed by atoms with Crippen LogP contribution in [0.25, 0.3) is 0 Å². The Hall–Kier alpha value is -0.680. The van der Waals surface area contributed by atoms with Crippen molar-refractivity contribution < 1.29 is 4.79 Å². The molecule has 2 rings (SSSR count). The fourth-order valence-electron chi connectivity index (χ4n) is 1.90. The van der Waals surface area contributed by atoms with Gasteiger partial charge >= 0.3 is 0 Å². The van der Waals surface area contributed by atoms with Gasteiger partial charge in [0.05, 0.1) is 0 Å². The number of hydrogen-bond donors (Lipinski definition) is 1. The molecule has 2 nitrogen and oxygen atoms in total. The van der Waals surface area contributed by atoms with E-state index in [1.165, 1.54) is 3.57 Å². The summed E-state index contributed by atoms with van der Waals surface area (Å²) in [5, 5.41) is 0. The van der Waals surface area contributed by atoms with E-state index in [-0.39, 0.29) is 17.7 Å². The van der Waals surface area contributed by atoms with Crippen molar-refractivity contribution in [2.75, 3.05) is 0 Å². The van der Waals surface area contributed by atoms with E-state index in [4.69, 9.17) is 5.73 Å². The van der Waals surface area contributed by atoms with Gasteiger partial charge in [0.25, 0.3) is 0 Å². The van der Waals surface area contributed by atoms with E-state index in [2.05, 4.69) is 22.6 Å². The molecule has 1 aliphatic rings. The second-order valence-electron chi connectivity index (χ2n) is 4.16. The minimum Gasteiger partial charge on any atom is -0.324 e. The Morgan fingerprint density at radius 1 is 1.31 bits per heavy atom. The molecule has 1 aromatic carbocycles. The van der Waals surface area contributed by atoms with Crippen LogP contribution in [0.5, 0.6) is 0 Å². The number of carbonyl (C=O) groups is 1. The molecular formula is C13H14INO. The Balaban J connectivity index is 1.97. The number of rotatable bonds is 3. The monoisotopic (exact) mass is 327 g/mol. The molecule has 0 amide bonds. The number of halogens is 1. The van der Waals surface area contributed by atoms with E-state index < -0.39 is 0 Å². The Bertz CT molecular complexity index is 410. The molecule has 0 radical (unpaired) electrons. The average molecular weight is 327 g/mol. The Kier molecular flexibility index (Phi) is 3.76. The normalized spacial score (nSPS) is 23.6. The van der Waals surface area contributed by atoms with Gasteiger partial charge in [-0.3, -0.25) is 4.79 Å². The van der Waals surface area contributed by atoms with Crippen molar-refractivity contribution in [3.63, 3.8) is 0 Å². The lowest BCUT2D eigenvalue weighted by atomic mass is 9.97. The smallest absolute Gasteiger partial charge is 0.144 e. The molecule has 0 spiro atoms. The van der Waals surface area contributed by atoms with Gasteiger partial charge in [0.15, 0.2) is 0 Å². The molecule has 0 saturated carbocycles. The molecule has 1 aromatic rings. The van der Waals surface area contributed by atoms with Crippen LogP contribution in [-0.2, 0) is 11.2 Å². The van der Waals surface area contributed by atoms with Crippen molar-refractivity contribution in [2.24, 2.45) is 11.7 Å². The highest BCUT2D eigenvalue weighted by Gasteiger charge is 2.22. The van der Waals surface area contributed by atoms with Gasteiger partial charge < -0.3 is 5.73 Å². The molecule has 16 heavy (non-hydrogen) atoms. The maximum atomic E-state index is 11.9. The molecule has 0 heterocycles. The summed E-state index contributed by atoms with van der Waals surface area (Å²) in [5.74, 6) is 0.291. The zero-order chi connectivity index (χ0) is 11.5. The summed E-state index contributed by atoms with van der Waals surface area (Å²) in [6, 6.07) is 8.14. The highest BCUT2D eigenvalue weighted by atomic mass is 127. The van der Waals surface area contributed by atoms with Crippen molar-refractivity contribution >= 4 is 28.4 Å². The first-order valence-electron chi connectivity index (χ1n) is 5.36. The van der Waals surface area contributed by atoms with Gasteiger partial charge in [-0.05, 0) is 46.7 Å². The zero-order valence-corrected chi connectivity index (χ0v) is 11.1. The number of Topliss-reactive ketones (excluding diaryl/α,β-unsaturated/α-hetero) is 1. The van der Waals surface area contributed by atoms with Crippen LogP contribution in [0, 0.1) is 9.49 Å². The summed E-state index contributed by atoms with van der Waals surface area (Å²) in [7, 11) is 0. The van der Waals surface area contributed by atoms with E-state index in [1.54, 1.807) is 0 Å². The Morgan fingerprint density at radius 2 is 2.00 bits per heavy atom. The largest absolute Gasteiger partial charge is 0.324 e. The van der Waals surface area contributed by atoms with Crippen LogP contribution in [0.15, 0.2) is 36.4 Å². The van der Waals surface area contributed by atoms with Gasteiger partial charge in [-0.2, -0.15) is 0 Å². The highest BCUT2D eigenvalue weighted by Crippen LogP contribution is 2.19. The van der Waals surface area contributed by atoms with Crippen LogP contribution >= 0.6 is 22.6 Å². The van der Waals surface area contributed by atoms with Gasteiger partial charge in [-0.15, -0.1) is 0 Å². The van der Waals surface area contributed by atoms with E-state index in [9.17, 15) is 4.79 Å². The first-order chi connectivity index (χ1) is 7.65. The van der Waals surface area contributed by atoms with Gasteiger partial charge in [0.2, 0.25) is 0 Å². The molecule has 3 heteroatoms. The predicted molar refractivity (Wildman–Crippen MR) is 73.1 cm³/mol. The van der Waals surface area contributed by atoms with E-state index in [0.717, 1.165) is 12.0 Å². The second-order valence-corrected chi connectivity index (χ2v) is 5.41. The molecule has 0 aromatic heterocycles. The molecule has 0 bridgehead atoms. The highest BCUT2D eigenvalue weighted by molar-refractivity contribution is 14.1. The van der Waals surface area contributed by atoms with Crippen LogP contribution in [-0.4, -0.2) is 11.8 Å². The molecule has 2 N–H and O–H groups in total.